The minimum Gasteiger partial charge on any atom is -0.387 e. The monoisotopic (exact) mass is 236 g/mol. The molecule has 1 N–H and O–H groups in total. The van der Waals surface area contributed by atoms with Crippen molar-refractivity contribution in [2.45, 2.75) is 20.3 Å². The average Bonchev–Trinajstić information content (AvgIpc) is 2.28. The minimum absolute atomic E-state index is 0.221. The number of hydrogen-bond acceptors (Lipinski definition) is 2. The highest BCUT2D eigenvalue weighted by Crippen LogP contribution is 2.30. The summed E-state index contributed by atoms with van der Waals surface area (Å²) in [7, 11) is 1.74. The minimum atomic E-state index is -0.619. The van der Waals surface area contributed by atoms with Gasteiger partial charge in [-0.05, 0) is 25.0 Å². The number of hydrogen-bond donors (Lipinski definition) is 1. The highest BCUT2D eigenvalue weighted by atomic mass is 19.1. The van der Waals surface area contributed by atoms with E-state index in [0.29, 0.717) is 11.8 Å². The number of pyridine rings is 1. The summed E-state index contributed by atoms with van der Waals surface area (Å²) in [6.45, 7) is 3.86. The van der Waals surface area contributed by atoms with E-state index in [1.165, 1.54) is 6.07 Å². The van der Waals surface area contributed by atoms with E-state index >= 15 is 0 Å². The summed E-state index contributed by atoms with van der Waals surface area (Å²) in [5.41, 5.74) is 2.73. The van der Waals surface area contributed by atoms with Gasteiger partial charge in [-0.2, -0.15) is 0 Å². The molecule has 0 saturated carbocycles. The van der Waals surface area contributed by atoms with Crippen LogP contribution in [0.5, 0.6) is 0 Å². The van der Waals surface area contributed by atoms with Gasteiger partial charge in [-0.3, -0.25) is 0 Å². The Morgan fingerprint density at radius 2 is 2.00 bits per heavy atom. The lowest BCUT2D eigenvalue weighted by atomic mass is 10.1. The van der Waals surface area contributed by atoms with Crippen molar-refractivity contribution >= 4 is 16.6 Å². The molecular formula is C13H14F2N2. The van der Waals surface area contributed by atoms with Crippen LogP contribution in [0.3, 0.4) is 0 Å². The zero-order chi connectivity index (χ0) is 12.6. The van der Waals surface area contributed by atoms with Crippen LogP contribution in [-0.4, -0.2) is 12.0 Å². The van der Waals surface area contributed by atoms with Crippen LogP contribution in [0.15, 0.2) is 12.1 Å². The predicted molar refractivity (Wildman–Crippen MR) is 65.3 cm³/mol. The van der Waals surface area contributed by atoms with Gasteiger partial charge >= 0.3 is 0 Å². The summed E-state index contributed by atoms with van der Waals surface area (Å²) in [5, 5.41) is 3.48. The van der Waals surface area contributed by atoms with Crippen LogP contribution in [0, 0.1) is 18.6 Å². The number of nitrogens with one attached hydrogen (secondary N) is 1. The van der Waals surface area contributed by atoms with Crippen molar-refractivity contribution in [3.8, 4) is 0 Å². The Hall–Kier alpha value is -1.71. The summed E-state index contributed by atoms with van der Waals surface area (Å²) in [6.07, 6.45) is 0.716. The molecule has 0 bridgehead atoms. The average molecular weight is 236 g/mol. The molecule has 1 aromatic heterocycles. The molecule has 0 amide bonds. The SMILES string of the molecule is CCc1nc2c(F)cc(F)cc2c(NC)c1C. The third kappa shape index (κ3) is 1.84. The Kier molecular flexibility index (Phi) is 2.96. The van der Waals surface area contributed by atoms with E-state index in [4.69, 9.17) is 0 Å². The molecule has 0 atom stereocenters. The van der Waals surface area contributed by atoms with Crippen LogP contribution in [0.2, 0.25) is 0 Å². The van der Waals surface area contributed by atoms with Crippen LogP contribution in [0.25, 0.3) is 10.9 Å². The van der Waals surface area contributed by atoms with Crippen molar-refractivity contribution in [1.29, 1.82) is 0 Å². The number of halogens is 2. The Balaban J connectivity index is 2.92. The first-order chi connectivity index (χ1) is 8.08. The third-order valence-corrected chi connectivity index (χ3v) is 2.94. The van der Waals surface area contributed by atoms with Crippen molar-refractivity contribution in [2.24, 2.45) is 0 Å². The fourth-order valence-electron chi connectivity index (χ4n) is 2.10. The molecular weight excluding hydrogens is 222 g/mol. The number of rotatable bonds is 2. The van der Waals surface area contributed by atoms with E-state index in [1.54, 1.807) is 7.05 Å². The molecule has 0 fully saturated rings. The Morgan fingerprint density at radius 1 is 1.29 bits per heavy atom. The highest BCUT2D eigenvalue weighted by Gasteiger charge is 2.14. The zero-order valence-electron chi connectivity index (χ0n) is 10.1. The largest absolute Gasteiger partial charge is 0.387 e. The third-order valence-electron chi connectivity index (χ3n) is 2.94. The van der Waals surface area contributed by atoms with Gasteiger partial charge < -0.3 is 5.32 Å². The zero-order valence-corrected chi connectivity index (χ0v) is 10.1. The smallest absolute Gasteiger partial charge is 0.152 e. The van der Waals surface area contributed by atoms with Crippen molar-refractivity contribution in [3.63, 3.8) is 0 Å². The second kappa shape index (κ2) is 4.28. The molecule has 1 aromatic carbocycles. The molecule has 0 saturated heterocycles. The molecule has 2 rings (SSSR count). The van der Waals surface area contributed by atoms with Crippen molar-refractivity contribution in [1.82, 2.24) is 4.98 Å². The maximum absolute atomic E-state index is 13.7. The van der Waals surface area contributed by atoms with E-state index in [-0.39, 0.29) is 5.52 Å². The predicted octanol–water partition coefficient (Wildman–Crippen LogP) is 3.43. The van der Waals surface area contributed by atoms with Gasteiger partial charge in [0.2, 0.25) is 0 Å². The molecule has 0 aliphatic rings. The van der Waals surface area contributed by atoms with E-state index < -0.39 is 11.6 Å². The standard InChI is InChI=1S/C13H14F2N2/c1-4-11-7(2)12(16-3)9-5-8(14)6-10(15)13(9)17-11/h5-6H,4H2,1-3H3,(H,16,17). The molecule has 90 valence electrons. The summed E-state index contributed by atoms with van der Waals surface area (Å²) < 4.78 is 26.9. The van der Waals surface area contributed by atoms with E-state index in [9.17, 15) is 8.78 Å². The molecule has 0 unspecified atom stereocenters. The number of nitrogens with zero attached hydrogens (tertiary/aromatic N) is 1. The topological polar surface area (TPSA) is 24.9 Å². The maximum Gasteiger partial charge on any atom is 0.152 e. The number of aryl methyl sites for hydroxylation is 1. The number of fused-ring (bicyclic) bond motifs is 1. The van der Waals surface area contributed by atoms with E-state index in [2.05, 4.69) is 10.3 Å². The second-order valence-electron chi connectivity index (χ2n) is 3.95. The molecule has 0 spiro atoms. The lowest BCUT2D eigenvalue weighted by Gasteiger charge is -2.13. The summed E-state index contributed by atoms with van der Waals surface area (Å²) in [6, 6.07) is 2.17. The van der Waals surface area contributed by atoms with Crippen molar-refractivity contribution < 1.29 is 8.78 Å². The van der Waals surface area contributed by atoms with Gasteiger partial charge in [-0.25, -0.2) is 13.8 Å². The maximum atomic E-state index is 13.7. The molecule has 1 heterocycles. The molecule has 4 heteroatoms. The highest BCUT2D eigenvalue weighted by molar-refractivity contribution is 5.93. The van der Waals surface area contributed by atoms with Gasteiger partial charge in [0.05, 0.1) is 0 Å². The molecule has 2 aromatic rings. The van der Waals surface area contributed by atoms with Crippen LogP contribution in [-0.2, 0) is 6.42 Å². The number of anilines is 1. The summed E-state index contributed by atoms with van der Waals surface area (Å²) >= 11 is 0. The van der Waals surface area contributed by atoms with Crippen LogP contribution in [0.4, 0.5) is 14.5 Å². The fraction of sp³-hybridized carbons (Fsp3) is 0.308. The first-order valence-electron chi connectivity index (χ1n) is 5.54. The second-order valence-corrected chi connectivity index (χ2v) is 3.95. The first-order valence-corrected chi connectivity index (χ1v) is 5.54. The van der Waals surface area contributed by atoms with Gasteiger partial charge in [0, 0.05) is 29.9 Å². The van der Waals surface area contributed by atoms with E-state index in [0.717, 1.165) is 23.0 Å². The Bertz CT molecular complexity index is 579. The molecule has 2 nitrogen and oxygen atoms in total. The van der Waals surface area contributed by atoms with Gasteiger partial charge in [0.15, 0.2) is 5.82 Å². The molecule has 17 heavy (non-hydrogen) atoms. The number of benzene rings is 1. The summed E-state index contributed by atoms with van der Waals surface area (Å²) in [5.74, 6) is -1.21. The Labute approximate surface area is 98.7 Å². The quantitative estimate of drug-likeness (QED) is 0.864. The lowest BCUT2D eigenvalue weighted by Crippen LogP contribution is -2.02. The van der Waals surface area contributed by atoms with Gasteiger partial charge in [0.1, 0.15) is 11.3 Å². The molecule has 0 aliphatic carbocycles. The normalized spacial score (nSPS) is 10.9. The molecule has 0 radical (unpaired) electrons. The summed E-state index contributed by atoms with van der Waals surface area (Å²) in [4.78, 5) is 4.26. The van der Waals surface area contributed by atoms with Gasteiger partial charge in [-0.1, -0.05) is 6.92 Å². The Morgan fingerprint density at radius 3 is 2.59 bits per heavy atom. The van der Waals surface area contributed by atoms with Gasteiger partial charge in [0.25, 0.3) is 0 Å². The molecule has 0 aliphatic heterocycles. The van der Waals surface area contributed by atoms with Crippen LogP contribution < -0.4 is 5.32 Å². The van der Waals surface area contributed by atoms with Crippen molar-refractivity contribution in [3.05, 3.63) is 35.0 Å². The lowest BCUT2D eigenvalue weighted by molar-refractivity contribution is 0.590. The first kappa shape index (κ1) is 11.8. The van der Waals surface area contributed by atoms with Crippen molar-refractivity contribution in [2.75, 3.05) is 12.4 Å². The fourth-order valence-corrected chi connectivity index (χ4v) is 2.10. The van der Waals surface area contributed by atoms with Crippen LogP contribution >= 0.6 is 0 Å². The van der Waals surface area contributed by atoms with Gasteiger partial charge in [-0.15, -0.1) is 0 Å². The number of aromatic nitrogens is 1. The van der Waals surface area contributed by atoms with Crippen LogP contribution in [0.1, 0.15) is 18.2 Å². The van der Waals surface area contributed by atoms with E-state index in [1.807, 2.05) is 13.8 Å².